The van der Waals surface area contributed by atoms with Crippen LogP contribution in [0.2, 0.25) is 0 Å². The SMILES string of the molecule is Cc1nc(-c2ccccc2)sc1C(=O)Nc1cccc(-c2ccc(N3CCCC3)nn2)c1. The second-order valence-electron chi connectivity index (χ2n) is 7.81. The summed E-state index contributed by atoms with van der Waals surface area (Å²) in [5.41, 5.74) is 4.15. The molecule has 1 amide bonds. The van der Waals surface area contributed by atoms with Gasteiger partial charge in [-0.15, -0.1) is 21.5 Å². The Balaban J connectivity index is 1.33. The van der Waals surface area contributed by atoms with Crippen LogP contribution in [0.3, 0.4) is 0 Å². The lowest BCUT2D eigenvalue weighted by molar-refractivity contribution is 0.103. The number of nitrogens with zero attached hydrogens (tertiary/aromatic N) is 4. The Morgan fingerprint density at radius 2 is 1.72 bits per heavy atom. The van der Waals surface area contributed by atoms with Crippen LogP contribution in [-0.4, -0.2) is 34.2 Å². The molecule has 1 aliphatic rings. The highest BCUT2D eigenvalue weighted by atomic mass is 32.1. The second-order valence-corrected chi connectivity index (χ2v) is 8.80. The first-order valence-electron chi connectivity index (χ1n) is 10.7. The van der Waals surface area contributed by atoms with E-state index in [1.807, 2.05) is 73.7 Å². The number of hydrogen-bond acceptors (Lipinski definition) is 6. The van der Waals surface area contributed by atoms with Crippen LogP contribution < -0.4 is 10.2 Å². The molecular weight excluding hydrogens is 418 g/mol. The molecule has 1 saturated heterocycles. The van der Waals surface area contributed by atoms with Crippen LogP contribution in [0.15, 0.2) is 66.7 Å². The lowest BCUT2D eigenvalue weighted by Crippen LogP contribution is -2.19. The summed E-state index contributed by atoms with van der Waals surface area (Å²) in [6.45, 7) is 3.95. The zero-order chi connectivity index (χ0) is 21.9. The Hall–Kier alpha value is -3.58. The number of carbonyl (C=O) groups is 1. The number of anilines is 2. The molecule has 0 atom stereocenters. The van der Waals surface area contributed by atoms with Crippen molar-refractivity contribution in [3.8, 4) is 21.8 Å². The number of amides is 1. The van der Waals surface area contributed by atoms with Gasteiger partial charge in [0.25, 0.3) is 5.91 Å². The summed E-state index contributed by atoms with van der Waals surface area (Å²) in [6.07, 6.45) is 2.41. The van der Waals surface area contributed by atoms with E-state index in [-0.39, 0.29) is 5.91 Å². The maximum atomic E-state index is 12.9. The molecule has 1 N–H and O–H groups in total. The van der Waals surface area contributed by atoms with Gasteiger partial charge in [0.05, 0.1) is 11.4 Å². The van der Waals surface area contributed by atoms with Crippen LogP contribution in [0, 0.1) is 6.92 Å². The van der Waals surface area contributed by atoms with Gasteiger partial charge in [-0.2, -0.15) is 0 Å². The molecular formula is C25H23N5OS. The van der Waals surface area contributed by atoms with Gasteiger partial charge in [0.2, 0.25) is 0 Å². The van der Waals surface area contributed by atoms with Crippen molar-refractivity contribution in [1.82, 2.24) is 15.2 Å². The average molecular weight is 442 g/mol. The lowest BCUT2D eigenvalue weighted by Gasteiger charge is -2.15. The lowest BCUT2D eigenvalue weighted by atomic mass is 10.1. The first-order chi connectivity index (χ1) is 15.7. The molecule has 4 aromatic rings. The van der Waals surface area contributed by atoms with Crippen molar-refractivity contribution in [3.05, 3.63) is 77.3 Å². The molecule has 1 fully saturated rings. The Morgan fingerprint density at radius 1 is 0.938 bits per heavy atom. The van der Waals surface area contributed by atoms with Crippen LogP contribution in [0.4, 0.5) is 11.5 Å². The third-order valence-corrected chi connectivity index (χ3v) is 6.73. The van der Waals surface area contributed by atoms with Crippen LogP contribution in [-0.2, 0) is 0 Å². The van der Waals surface area contributed by atoms with Crippen LogP contribution >= 0.6 is 11.3 Å². The summed E-state index contributed by atoms with van der Waals surface area (Å²) < 4.78 is 0. The van der Waals surface area contributed by atoms with E-state index in [0.717, 1.165) is 46.4 Å². The number of carbonyl (C=O) groups excluding carboxylic acids is 1. The molecule has 0 saturated carbocycles. The van der Waals surface area contributed by atoms with Gasteiger partial charge in [-0.05, 0) is 44.0 Å². The molecule has 5 rings (SSSR count). The van der Waals surface area contributed by atoms with E-state index >= 15 is 0 Å². The van der Waals surface area contributed by atoms with E-state index in [4.69, 9.17) is 0 Å². The van der Waals surface area contributed by atoms with Gasteiger partial charge >= 0.3 is 0 Å². The number of nitrogens with one attached hydrogen (secondary N) is 1. The van der Waals surface area contributed by atoms with E-state index in [2.05, 4.69) is 25.4 Å². The smallest absolute Gasteiger partial charge is 0.267 e. The van der Waals surface area contributed by atoms with Crippen molar-refractivity contribution in [2.24, 2.45) is 0 Å². The van der Waals surface area contributed by atoms with E-state index in [9.17, 15) is 4.79 Å². The first kappa shape index (κ1) is 20.3. The minimum absolute atomic E-state index is 0.158. The van der Waals surface area contributed by atoms with Gasteiger partial charge in [-0.25, -0.2) is 4.98 Å². The molecule has 0 unspecified atom stereocenters. The fourth-order valence-corrected chi connectivity index (χ4v) is 4.82. The number of rotatable bonds is 5. The van der Waals surface area contributed by atoms with Gasteiger partial charge < -0.3 is 10.2 Å². The topological polar surface area (TPSA) is 71.0 Å². The maximum Gasteiger partial charge on any atom is 0.267 e. The molecule has 0 spiro atoms. The molecule has 160 valence electrons. The number of thiazole rings is 1. The monoisotopic (exact) mass is 441 g/mol. The van der Waals surface area contributed by atoms with E-state index in [1.54, 1.807) is 0 Å². The third-order valence-electron chi connectivity index (χ3n) is 5.52. The Morgan fingerprint density at radius 3 is 2.47 bits per heavy atom. The number of benzene rings is 2. The van der Waals surface area contributed by atoms with E-state index < -0.39 is 0 Å². The molecule has 1 aliphatic heterocycles. The maximum absolute atomic E-state index is 12.9. The van der Waals surface area contributed by atoms with Crippen LogP contribution in [0.5, 0.6) is 0 Å². The molecule has 0 bridgehead atoms. The number of aromatic nitrogens is 3. The molecule has 3 heterocycles. The van der Waals surface area contributed by atoms with Crippen LogP contribution in [0.1, 0.15) is 28.2 Å². The molecule has 32 heavy (non-hydrogen) atoms. The van der Waals surface area contributed by atoms with Gasteiger partial charge in [0.1, 0.15) is 9.88 Å². The summed E-state index contributed by atoms with van der Waals surface area (Å²) in [7, 11) is 0. The largest absolute Gasteiger partial charge is 0.355 e. The highest BCUT2D eigenvalue weighted by Crippen LogP contribution is 2.29. The summed E-state index contributed by atoms with van der Waals surface area (Å²) in [4.78, 5) is 20.4. The van der Waals surface area contributed by atoms with Gasteiger partial charge in [-0.3, -0.25) is 4.79 Å². The summed E-state index contributed by atoms with van der Waals surface area (Å²) in [6, 6.07) is 21.6. The van der Waals surface area contributed by atoms with E-state index in [1.165, 1.54) is 24.2 Å². The molecule has 0 aliphatic carbocycles. The molecule has 2 aromatic heterocycles. The van der Waals surface area contributed by atoms with Gasteiger partial charge in [0, 0.05) is 29.9 Å². The highest BCUT2D eigenvalue weighted by molar-refractivity contribution is 7.17. The van der Waals surface area contributed by atoms with Gasteiger partial charge in [-0.1, -0.05) is 42.5 Å². The predicted octanol–water partition coefficient (Wildman–Crippen LogP) is 5.43. The van der Waals surface area contributed by atoms with Crippen molar-refractivity contribution in [2.75, 3.05) is 23.3 Å². The Kier molecular flexibility index (Phi) is 5.64. The third kappa shape index (κ3) is 4.24. The highest BCUT2D eigenvalue weighted by Gasteiger charge is 2.17. The Bertz CT molecular complexity index is 1230. The first-order valence-corrected chi connectivity index (χ1v) is 11.5. The van der Waals surface area contributed by atoms with Crippen molar-refractivity contribution in [3.63, 3.8) is 0 Å². The van der Waals surface area contributed by atoms with E-state index in [0.29, 0.717) is 10.6 Å². The zero-order valence-electron chi connectivity index (χ0n) is 17.8. The predicted molar refractivity (Wildman–Crippen MR) is 129 cm³/mol. The average Bonchev–Trinajstić information content (AvgIpc) is 3.50. The fraction of sp³-hybridized carbons (Fsp3) is 0.200. The number of hydrogen-bond donors (Lipinski definition) is 1. The summed E-state index contributed by atoms with van der Waals surface area (Å²) in [5, 5.41) is 12.7. The Labute approximate surface area is 191 Å². The molecule has 0 radical (unpaired) electrons. The second kappa shape index (κ2) is 8.88. The minimum atomic E-state index is -0.158. The van der Waals surface area contributed by atoms with Crippen molar-refractivity contribution in [2.45, 2.75) is 19.8 Å². The molecule has 7 heteroatoms. The zero-order valence-corrected chi connectivity index (χ0v) is 18.6. The molecule has 2 aromatic carbocycles. The van der Waals surface area contributed by atoms with Crippen molar-refractivity contribution in [1.29, 1.82) is 0 Å². The fourth-order valence-electron chi connectivity index (χ4n) is 3.85. The summed E-state index contributed by atoms with van der Waals surface area (Å²) in [5.74, 6) is 0.764. The molecule has 6 nitrogen and oxygen atoms in total. The quantitative estimate of drug-likeness (QED) is 0.447. The normalized spacial score (nSPS) is 13.3. The van der Waals surface area contributed by atoms with Crippen LogP contribution in [0.25, 0.3) is 21.8 Å². The number of aryl methyl sites for hydroxylation is 1. The van der Waals surface area contributed by atoms with Crippen molar-refractivity contribution < 1.29 is 4.79 Å². The van der Waals surface area contributed by atoms with Crippen molar-refractivity contribution >= 4 is 28.7 Å². The summed E-state index contributed by atoms with van der Waals surface area (Å²) >= 11 is 1.40. The van der Waals surface area contributed by atoms with Gasteiger partial charge in [0.15, 0.2) is 5.82 Å². The standard InChI is InChI=1S/C25H23N5OS/c1-17-23(32-25(26-17)18-8-3-2-4-9-18)24(31)27-20-11-7-10-19(16-20)21-12-13-22(29-28-21)30-14-5-6-15-30/h2-4,7-13,16H,5-6,14-15H2,1H3,(H,27,31). The minimum Gasteiger partial charge on any atom is -0.355 e.